The van der Waals surface area contributed by atoms with Gasteiger partial charge >= 0.3 is 6.03 Å². The van der Waals surface area contributed by atoms with E-state index in [9.17, 15) is 14.4 Å². The van der Waals surface area contributed by atoms with Crippen LogP contribution in [0.1, 0.15) is 44.9 Å². The van der Waals surface area contributed by atoms with Crippen LogP contribution in [-0.2, 0) is 9.59 Å². The van der Waals surface area contributed by atoms with Crippen molar-refractivity contribution >= 4 is 18.2 Å². The molecule has 118 valence electrons. The minimum absolute atomic E-state index is 0.124. The molecule has 1 heterocycles. The van der Waals surface area contributed by atoms with Crippen molar-refractivity contribution in [3.8, 4) is 0 Å². The molecule has 0 aromatic heterocycles. The van der Waals surface area contributed by atoms with E-state index < -0.39 is 0 Å². The summed E-state index contributed by atoms with van der Waals surface area (Å²) in [5.41, 5.74) is 0. The second-order valence-electron chi connectivity index (χ2n) is 6.11. The summed E-state index contributed by atoms with van der Waals surface area (Å²) in [7, 11) is 0. The fourth-order valence-corrected chi connectivity index (χ4v) is 3.08. The summed E-state index contributed by atoms with van der Waals surface area (Å²) >= 11 is 0. The van der Waals surface area contributed by atoms with E-state index in [-0.39, 0.29) is 30.4 Å². The van der Waals surface area contributed by atoms with Gasteiger partial charge in [-0.1, -0.05) is 19.3 Å². The lowest BCUT2D eigenvalue weighted by atomic mass is 9.96. The number of aldehydes is 1. The van der Waals surface area contributed by atoms with Crippen LogP contribution < -0.4 is 10.6 Å². The minimum atomic E-state index is -0.380. The molecule has 0 bridgehead atoms. The van der Waals surface area contributed by atoms with Crippen LogP contribution in [0.25, 0.3) is 0 Å². The summed E-state index contributed by atoms with van der Waals surface area (Å²) in [6, 6.07) is -0.176. The van der Waals surface area contributed by atoms with Crippen LogP contribution in [0.4, 0.5) is 4.79 Å². The van der Waals surface area contributed by atoms with E-state index in [0.29, 0.717) is 0 Å². The van der Waals surface area contributed by atoms with Crippen LogP contribution in [-0.4, -0.2) is 48.8 Å². The Labute approximate surface area is 125 Å². The van der Waals surface area contributed by atoms with E-state index in [1.165, 1.54) is 6.42 Å². The van der Waals surface area contributed by atoms with E-state index >= 15 is 0 Å². The molecule has 0 atom stereocenters. The number of nitrogens with zero attached hydrogens (tertiary/aromatic N) is 1. The molecule has 1 saturated carbocycles. The molecular weight excluding hydrogens is 270 g/mol. The molecule has 0 aromatic rings. The Kier molecular flexibility index (Phi) is 6.17. The van der Waals surface area contributed by atoms with Gasteiger partial charge in [-0.3, -0.25) is 15.0 Å². The average Bonchev–Trinajstić information content (AvgIpc) is 2.48. The summed E-state index contributed by atoms with van der Waals surface area (Å²) < 4.78 is 0. The van der Waals surface area contributed by atoms with Crippen molar-refractivity contribution < 1.29 is 14.4 Å². The first-order valence-electron chi connectivity index (χ1n) is 7.95. The topological polar surface area (TPSA) is 78.5 Å². The highest BCUT2D eigenvalue weighted by Gasteiger charge is 2.21. The smallest absolute Gasteiger partial charge is 0.321 e. The SMILES string of the molecule is O=CC1CCN(CC(=O)NC(=O)NC2CCCCC2)CC1. The number of hydrogen-bond donors (Lipinski definition) is 2. The summed E-state index contributed by atoms with van der Waals surface area (Å²) in [4.78, 5) is 36.2. The fourth-order valence-electron chi connectivity index (χ4n) is 3.08. The molecule has 0 radical (unpaired) electrons. The average molecular weight is 295 g/mol. The number of nitrogens with one attached hydrogen (secondary N) is 2. The van der Waals surface area contributed by atoms with Gasteiger partial charge in [0.1, 0.15) is 6.29 Å². The van der Waals surface area contributed by atoms with Gasteiger partial charge in [-0.15, -0.1) is 0 Å². The molecule has 6 nitrogen and oxygen atoms in total. The van der Waals surface area contributed by atoms with Gasteiger partial charge in [0.05, 0.1) is 6.54 Å². The number of likely N-dealkylation sites (tertiary alicyclic amines) is 1. The maximum Gasteiger partial charge on any atom is 0.321 e. The maximum atomic E-state index is 11.8. The van der Waals surface area contributed by atoms with Crippen LogP contribution >= 0.6 is 0 Å². The van der Waals surface area contributed by atoms with Crippen molar-refractivity contribution in [1.29, 1.82) is 0 Å². The van der Waals surface area contributed by atoms with Crippen LogP contribution in [0.5, 0.6) is 0 Å². The minimum Gasteiger partial charge on any atom is -0.335 e. The number of piperidine rings is 1. The number of hydrogen-bond acceptors (Lipinski definition) is 4. The Bertz CT molecular complexity index is 372. The van der Waals surface area contributed by atoms with Crippen molar-refractivity contribution in [2.45, 2.75) is 51.0 Å². The first kappa shape index (κ1) is 15.9. The Morgan fingerprint density at radius 1 is 1.05 bits per heavy atom. The second kappa shape index (κ2) is 8.12. The second-order valence-corrected chi connectivity index (χ2v) is 6.11. The molecular formula is C15H25N3O3. The third kappa shape index (κ3) is 5.46. The third-order valence-corrected chi connectivity index (χ3v) is 4.39. The lowest BCUT2D eigenvalue weighted by Gasteiger charge is -2.29. The zero-order chi connectivity index (χ0) is 15.1. The first-order valence-corrected chi connectivity index (χ1v) is 7.95. The molecule has 1 aliphatic heterocycles. The van der Waals surface area contributed by atoms with Gasteiger partial charge in [0.15, 0.2) is 0 Å². The Morgan fingerprint density at radius 2 is 1.71 bits per heavy atom. The van der Waals surface area contributed by atoms with Crippen LogP contribution in [0.2, 0.25) is 0 Å². The van der Waals surface area contributed by atoms with Crippen molar-refractivity contribution in [3.63, 3.8) is 0 Å². The van der Waals surface area contributed by atoms with Crippen molar-refractivity contribution in [3.05, 3.63) is 0 Å². The third-order valence-electron chi connectivity index (χ3n) is 4.39. The molecule has 21 heavy (non-hydrogen) atoms. The summed E-state index contributed by atoms with van der Waals surface area (Å²) in [5, 5.41) is 5.27. The summed E-state index contributed by atoms with van der Waals surface area (Å²) in [5.74, 6) is -0.147. The van der Waals surface area contributed by atoms with Gasteiger partial charge < -0.3 is 10.1 Å². The molecule has 0 spiro atoms. The zero-order valence-electron chi connectivity index (χ0n) is 12.5. The molecule has 2 rings (SSSR count). The number of carbonyl (C=O) groups is 3. The van der Waals surface area contributed by atoms with E-state index in [0.717, 1.165) is 57.9 Å². The van der Waals surface area contributed by atoms with E-state index in [1.54, 1.807) is 0 Å². The Morgan fingerprint density at radius 3 is 2.33 bits per heavy atom. The monoisotopic (exact) mass is 295 g/mol. The molecule has 1 aliphatic carbocycles. The van der Waals surface area contributed by atoms with Crippen molar-refractivity contribution in [2.24, 2.45) is 5.92 Å². The highest BCUT2D eigenvalue weighted by Crippen LogP contribution is 2.17. The van der Waals surface area contributed by atoms with E-state index in [2.05, 4.69) is 10.6 Å². The number of imide groups is 1. The lowest BCUT2D eigenvalue weighted by Crippen LogP contribution is -2.49. The van der Waals surface area contributed by atoms with Gasteiger partial charge in [-0.2, -0.15) is 0 Å². The van der Waals surface area contributed by atoms with Crippen molar-refractivity contribution in [2.75, 3.05) is 19.6 Å². The quantitative estimate of drug-likeness (QED) is 0.760. The molecule has 6 heteroatoms. The highest BCUT2D eigenvalue weighted by molar-refractivity contribution is 5.95. The van der Waals surface area contributed by atoms with Crippen molar-refractivity contribution in [1.82, 2.24) is 15.5 Å². The molecule has 2 aliphatic rings. The molecule has 2 N–H and O–H groups in total. The Hall–Kier alpha value is -1.43. The van der Waals surface area contributed by atoms with E-state index in [1.807, 2.05) is 4.90 Å². The van der Waals surface area contributed by atoms with Gasteiger partial charge in [-0.05, 0) is 38.8 Å². The molecule has 2 fully saturated rings. The molecule has 0 unspecified atom stereocenters. The maximum absolute atomic E-state index is 11.8. The molecule has 0 aromatic carbocycles. The van der Waals surface area contributed by atoms with Gasteiger partial charge in [0.2, 0.25) is 5.91 Å². The predicted molar refractivity (Wildman–Crippen MR) is 78.8 cm³/mol. The first-order chi connectivity index (χ1) is 10.2. The molecule has 1 saturated heterocycles. The fraction of sp³-hybridized carbons (Fsp3) is 0.800. The summed E-state index contributed by atoms with van der Waals surface area (Å²) in [6.45, 7) is 1.70. The van der Waals surface area contributed by atoms with Gasteiger partial charge in [0, 0.05) is 12.0 Å². The highest BCUT2D eigenvalue weighted by atomic mass is 16.2. The van der Waals surface area contributed by atoms with Crippen LogP contribution in [0, 0.1) is 5.92 Å². The largest absolute Gasteiger partial charge is 0.335 e. The number of amides is 3. The number of urea groups is 1. The van der Waals surface area contributed by atoms with E-state index in [4.69, 9.17) is 0 Å². The molecule has 3 amide bonds. The zero-order valence-corrected chi connectivity index (χ0v) is 12.5. The predicted octanol–water partition coefficient (Wildman–Crippen LogP) is 1.06. The van der Waals surface area contributed by atoms with Gasteiger partial charge in [-0.25, -0.2) is 4.79 Å². The number of rotatable bonds is 4. The lowest BCUT2D eigenvalue weighted by molar-refractivity contribution is -0.121. The normalized spacial score (nSPS) is 21.7. The van der Waals surface area contributed by atoms with Crippen LogP contribution in [0.15, 0.2) is 0 Å². The standard InChI is InChI=1S/C15H25N3O3/c19-11-12-6-8-18(9-7-12)10-14(20)17-15(21)16-13-4-2-1-3-5-13/h11-13H,1-10H2,(H2,16,17,20,21). The van der Waals surface area contributed by atoms with Gasteiger partial charge in [0.25, 0.3) is 0 Å². The Balaban J connectivity index is 1.64. The van der Waals surface area contributed by atoms with Crippen LogP contribution in [0.3, 0.4) is 0 Å². The summed E-state index contributed by atoms with van der Waals surface area (Å²) in [6.07, 6.45) is 8.11. The number of carbonyl (C=O) groups excluding carboxylic acids is 3.